The number of rotatable bonds is 8. The van der Waals surface area contributed by atoms with E-state index in [1.54, 1.807) is 22.8 Å². The first-order valence-electron chi connectivity index (χ1n) is 9.98. The zero-order valence-electron chi connectivity index (χ0n) is 17.9. The highest BCUT2D eigenvalue weighted by molar-refractivity contribution is 7.99. The van der Waals surface area contributed by atoms with E-state index < -0.39 is 11.9 Å². The molecule has 8 heteroatoms. The number of nitrogens with one attached hydrogen (secondary N) is 1. The van der Waals surface area contributed by atoms with Gasteiger partial charge in [-0.15, -0.1) is 10.2 Å². The van der Waals surface area contributed by atoms with Crippen LogP contribution in [0.5, 0.6) is 0 Å². The van der Waals surface area contributed by atoms with E-state index in [4.69, 9.17) is 0 Å². The Labute approximate surface area is 185 Å². The van der Waals surface area contributed by atoms with Crippen LogP contribution in [0.1, 0.15) is 26.3 Å². The third-order valence-electron chi connectivity index (χ3n) is 4.79. The van der Waals surface area contributed by atoms with Gasteiger partial charge in [-0.3, -0.25) is 14.2 Å². The Morgan fingerprint density at radius 3 is 2.39 bits per heavy atom. The quantitative estimate of drug-likeness (QED) is 0.531. The van der Waals surface area contributed by atoms with Crippen LogP contribution in [-0.2, 0) is 9.59 Å². The molecule has 0 saturated carbocycles. The summed E-state index contributed by atoms with van der Waals surface area (Å²) in [5, 5.41) is 11.7. The average molecular weight is 441 g/mol. The first-order chi connectivity index (χ1) is 14.8. The van der Waals surface area contributed by atoms with Gasteiger partial charge in [-0.25, -0.2) is 4.39 Å². The standard InChI is InChI=1S/C23H25FN4O2S/c1-14(2)21(16(4)29)25-20(30)13-31-23-27-26-22(18-7-5-6-8-19(18)24)28(23)17-11-9-15(3)10-12-17/h5-12,14,21H,13H2,1-4H3,(H,25,30). The lowest BCUT2D eigenvalue weighted by atomic mass is 10.0. The molecule has 6 nitrogen and oxygen atoms in total. The minimum atomic E-state index is -0.531. The van der Waals surface area contributed by atoms with E-state index in [0.29, 0.717) is 16.5 Å². The van der Waals surface area contributed by atoms with Crippen molar-refractivity contribution in [2.24, 2.45) is 5.92 Å². The average Bonchev–Trinajstić information content (AvgIpc) is 3.14. The molecule has 0 aliphatic heterocycles. The summed E-state index contributed by atoms with van der Waals surface area (Å²) in [5.41, 5.74) is 2.17. The minimum Gasteiger partial charge on any atom is -0.345 e. The van der Waals surface area contributed by atoms with Crippen LogP contribution < -0.4 is 5.32 Å². The van der Waals surface area contributed by atoms with Crippen molar-refractivity contribution in [2.75, 3.05) is 5.75 Å². The molecule has 1 heterocycles. The number of halogens is 1. The van der Waals surface area contributed by atoms with Gasteiger partial charge in [0.1, 0.15) is 5.82 Å². The van der Waals surface area contributed by atoms with Crippen LogP contribution in [0.2, 0.25) is 0 Å². The Bertz CT molecular complexity index is 1080. The van der Waals surface area contributed by atoms with E-state index in [2.05, 4.69) is 15.5 Å². The Balaban J connectivity index is 1.90. The van der Waals surface area contributed by atoms with Gasteiger partial charge in [-0.05, 0) is 44.0 Å². The normalized spacial score (nSPS) is 12.1. The minimum absolute atomic E-state index is 0.00433. The monoisotopic (exact) mass is 440 g/mol. The summed E-state index contributed by atoms with van der Waals surface area (Å²) in [7, 11) is 0. The summed E-state index contributed by atoms with van der Waals surface area (Å²) in [4.78, 5) is 24.2. The van der Waals surface area contributed by atoms with E-state index >= 15 is 0 Å². The van der Waals surface area contributed by atoms with Crippen LogP contribution >= 0.6 is 11.8 Å². The van der Waals surface area contributed by atoms with Gasteiger partial charge < -0.3 is 5.32 Å². The number of nitrogens with zero attached hydrogens (tertiary/aromatic N) is 3. The van der Waals surface area contributed by atoms with Crippen LogP contribution in [0.15, 0.2) is 53.7 Å². The summed E-state index contributed by atoms with van der Waals surface area (Å²) in [6.07, 6.45) is 0. The molecule has 3 rings (SSSR count). The van der Waals surface area contributed by atoms with Crippen molar-refractivity contribution < 1.29 is 14.0 Å². The van der Waals surface area contributed by atoms with Crippen molar-refractivity contribution in [3.63, 3.8) is 0 Å². The maximum Gasteiger partial charge on any atom is 0.231 e. The lowest BCUT2D eigenvalue weighted by molar-refractivity contribution is -0.126. The van der Waals surface area contributed by atoms with E-state index in [1.165, 1.54) is 24.8 Å². The Morgan fingerprint density at radius 2 is 1.77 bits per heavy atom. The van der Waals surface area contributed by atoms with Crippen molar-refractivity contribution in [1.29, 1.82) is 0 Å². The number of ketones is 1. The molecule has 1 aromatic heterocycles. The third-order valence-corrected chi connectivity index (χ3v) is 5.72. The van der Waals surface area contributed by atoms with E-state index in [1.807, 2.05) is 45.0 Å². The highest BCUT2D eigenvalue weighted by atomic mass is 32.2. The van der Waals surface area contributed by atoms with Crippen molar-refractivity contribution in [3.8, 4) is 17.1 Å². The number of hydrogen-bond acceptors (Lipinski definition) is 5. The molecule has 0 radical (unpaired) electrons. The summed E-state index contributed by atoms with van der Waals surface area (Å²) in [5.74, 6) is -0.358. The van der Waals surface area contributed by atoms with Crippen molar-refractivity contribution in [2.45, 2.75) is 38.9 Å². The van der Waals surface area contributed by atoms with Gasteiger partial charge in [0.25, 0.3) is 0 Å². The van der Waals surface area contributed by atoms with Gasteiger partial charge in [0.15, 0.2) is 16.8 Å². The number of thioether (sulfide) groups is 1. The Morgan fingerprint density at radius 1 is 1.10 bits per heavy atom. The van der Waals surface area contributed by atoms with Gasteiger partial charge >= 0.3 is 0 Å². The lowest BCUT2D eigenvalue weighted by Crippen LogP contribution is -2.44. The second-order valence-corrected chi connectivity index (χ2v) is 8.59. The van der Waals surface area contributed by atoms with Crippen LogP contribution in [-0.4, -0.2) is 38.2 Å². The fourth-order valence-electron chi connectivity index (χ4n) is 3.19. The number of aromatic nitrogens is 3. The second-order valence-electron chi connectivity index (χ2n) is 7.65. The summed E-state index contributed by atoms with van der Waals surface area (Å²) >= 11 is 1.18. The maximum absolute atomic E-state index is 14.5. The highest BCUT2D eigenvalue weighted by Gasteiger charge is 2.22. The van der Waals surface area contributed by atoms with Crippen LogP contribution in [0.3, 0.4) is 0 Å². The molecule has 0 aliphatic rings. The van der Waals surface area contributed by atoms with Gasteiger partial charge in [0.2, 0.25) is 5.91 Å². The molecule has 1 amide bonds. The molecule has 3 aromatic rings. The number of Topliss-reactive ketones (excluding diaryl/α,β-unsaturated/α-hetero) is 1. The number of carbonyl (C=O) groups is 2. The number of carbonyl (C=O) groups excluding carboxylic acids is 2. The molecular formula is C23H25FN4O2S. The molecule has 0 saturated heterocycles. The van der Waals surface area contributed by atoms with Crippen LogP contribution in [0.4, 0.5) is 4.39 Å². The van der Waals surface area contributed by atoms with E-state index in [9.17, 15) is 14.0 Å². The second kappa shape index (κ2) is 9.87. The molecule has 31 heavy (non-hydrogen) atoms. The number of amides is 1. The van der Waals surface area contributed by atoms with Gasteiger partial charge in [-0.1, -0.05) is 55.4 Å². The third kappa shape index (κ3) is 5.38. The number of benzene rings is 2. The van der Waals surface area contributed by atoms with Gasteiger partial charge in [0.05, 0.1) is 17.4 Å². The topological polar surface area (TPSA) is 76.9 Å². The van der Waals surface area contributed by atoms with Crippen LogP contribution in [0, 0.1) is 18.7 Å². The summed E-state index contributed by atoms with van der Waals surface area (Å²) in [6, 6.07) is 13.5. The van der Waals surface area contributed by atoms with Crippen molar-refractivity contribution >= 4 is 23.5 Å². The molecule has 1 unspecified atom stereocenters. The zero-order chi connectivity index (χ0) is 22.5. The molecule has 2 aromatic carbocycles. The summed E-state index contributed by atoms with van der Waals surface area (Å²) < 4.78 is 16.2. The Hall–Kier alpha value is -3.00. The van der Waals surface area contributed by atoms with E-state index in [0.717, 1.165) is 11.3 Å². The van der Waals surface area contributed by atoms with Crippen LogP contribution in [0.25, 0.3) is 17.1 Å². The molecule has 1 N–H and O–H groups in total. The SMILES string of the molecule is CC(=O)C(NC(=O)CSc1nnc(-c2ccccc2F)n1-c1ccc(C)cc1)C(C)C. The zero-order valence-corrected chi connectivity index (χ0v) is 18.7. The predicted octanol–water partition coefficient (Wildman–Crippen LogP) is 4.20. The summed E-state index contributed by atoms with van der Waals surface area (Å²) in [6.45, 7) is 7.21. The molecule has 0 fully saturated rings. The molecule has 0 spiro atoms. The fraction of sp³-hybridized carbons (Fsp3) is 0.304. The van der Waals surface area contributed by atoms with Crippen molar-refractivity contribution in [1.82, 2.24) is 20.1 Å². The number of hydrogen-bond donors (Lipinski definition) is 1. The predicted molar refractivity (Wildman–Crippen MR) is 120 cm³/mol. The Kier molecular flexibility index (Phi) is 7.22. The van der Waals surface area contributed by atoms with Gasteiger partial charge in [-0.2, -0.15) is 0 Å². The first kappa shape index (κ1) is 22.7. The molecule has 162 valence electrons. The molecular weight excluding hydrogens is 415 g/mol. The number of aryl methyl sites for hydroxylation is 1. The van der Waals surface area contributed by atoms with E-state index in [-0.39, 0.29) is 23.4 Å². The fourth-order valence-corrected chi connectivity index (χ4v) is 3.95. The van der Waals surface area contributed by atoms with Gasteiger partial charge in [0, 0.05) is 5.69 Å². The largest absolute Gasteiger partial charge is 0.345 e. The smallest absolute Gasteiger partial charge is 0.231 e. The first-order valence-corrected chi connectivity index (χ1v) is 11.0. The van der Waals surface area contributed by atoms with Crippen molar-refractivity contribution in [3.05, 3.63) is 59.9 Å². The maximum atomic E-state index is 14.5. The highest BCUT2D eigenvalue weighted by Crippen LogP contribution is 2.29. The molecule has 0 bridgehead atoms. The lowest BCUT2D eigenvalue weighted by Gasteiger charge is -2.19. The molecule has 1 atom stereocenters. The molecule has 0 aliphatic carbocycles.